The molecule has 2 heterocycles. The van der Waals surface area contributed by atoms with Crippen molar-refractivity contribution in [2.45, 2.75) is 13.1 Å². The van der Waals surface area contributed by atoms with E-state index in [9.17, 15) is 4.39 Å². The lowest BCUT2D eigenvalue weighted by molar-refractivity contribution is 0.256. The number of benzene rings is 2. The summed E-state index contributed by atoms with van der Waals surface area (Å²) < 4.78 is 25.5. The van der Waals surface area contributed by atoms with Crippen LogP contribution in [0, 0.1) is 5.82 Å². The first-order valence-corrected chi connectivity index (χ1v) is 9.56. The van der Waals surface area contributed by atoms with Crippen LogP contribution in [0.15, 0.2) is 72.6 Å². The quantitative estimate of drug-likeness (QED) is 0.585. The first-order chi connectivity index (χ1) is 14.2. The predicted molar refractivity (Wildman–Crippen MR) is 111 cm³/mol. The molecule has 3 aromatic rings. The van der Waals surface area contributed by atoms with Crippen LogP contribution in [0.2, 0.25) is 0 Å². The fraction of sp³-hybridized carbons (Fsp3) is 0.208. The number of nitrogens with zero attached hydrogens (tertiary/aromatic N) is 2. The maximum Gasteiger partial charge on any atom is 0.127 e. The Morgan fingerprint density at radius 1 is 1.07 bits per heavy atom. The molecule has 5 heteroatoms. The van der Waals surface area contributed by atoms with Gasteiger partial charge in [-0.3, -0.25) is 9.88 Å². The zero-order valence-electron chi connectivity index (χ0n) is 16.3. The van der Waals surface area contributed by atoms with Crippen molar-refractivity contribution in [3.05, 3.63) is 95.1 Å². The summed E-state index contributed by atoms with van der Waals surface area (Å²) in [6.45, 7) is 2.36. The van der Waals surface area contributed by atoms with Gasteiger partial charge in [0.1, 0.15) is 23.9 Å². The number of hydrogen-bond acceptors (Lipinski definition) is 4. The normalized spacial score (nSPS) is 12.9. The molecule has 4 rings (SSSR count). The summed E-state index contributed by atoms with van der Waals surface area (Å²) in [6.07, 6.45) is 5.74. The average Bonchev–Trinajstić information content (AvgIpc) is 2.75. The lowest BCUT2D eigenvalue weighted by atomic mass is 10.1. The highest BCUT2D eigenvalue weighted by Gasteiger charge is 2.17. The largest absolute Gasteiger partial charge is 0.497 e. The Hall–Kier alpha value is -3.18. The molecule has 1 aliphatic rings. The van der Waals surface area contributed by atoms with Gasteiger partial charge in [0, 0.05) is 43.2 Å². The van der Waals surface area contributed by atoms with Crippen molar-refractivity contribution in [2.75, 3.05) is 20.3 Å². The van der Waals surface area contributed by atoms with Gasteiger partial charge in [0.25, 0.3) is 0 Å². The predicted octanol–water partition coefficient (Wildman–Crippen LogP) is 4.71. The third-order valence-electron chi connectivity index (χ3n) is 4.90. The Morgan fingerprint density at radius 3 is 2.76 bits per heavy atom. The van der Waals surface area contributed by atoms with Crippen LogP contribution >= 0.6 is 0 Å². The molecule has 29 heavy (non-hydrogen) atoms. The molecule has 1 aliphatic heterocycles. The fourth-order valence-electron chi connectivity index (χ4n) is 3.49. The van der Waals surface area contributed by atoms with Crippen molar-refractivity contribution < 1.29 is 13.9 Å². The molecule has 0 radical (unpaired) electrons. The van der Waals surface area contributed by atoms with Crippen molar-refractivity contribution in [1.29, 1.82) is 0 Å². The number of hydrogen-bond donors (Lipinski definition) is 0. The van der Waals surface area contributed by atoms with Crippen LogP contribution in [-0.4, -0.2) is 30.1 Å². The van der Waals surface area contributed by atoms with Crippen LogP contribution in [0.1, 0.15) is 16.7 Å². The third-order valence-corrected chi connectivity index (χ3v) is 4.90. The second-order valence-electron chi connectivity index (χ2n) is 7.09. The van der Waals surface area contributed by atoms with Gasteiger partial charge in [0.2, 0.25) is 0 Å². The van der Waals surface area contributed by atoms with E-state index in [0.717, 1.165) is 28.2 Å². The van der Waals surface area contributed by atoms with Crippen LogP contribution in [0.4, 0.5) is 4.39 Å². The van der Waals surface area contributed by atoms with Gasteiger partial charge in [-0.05, 0) is 47.5 Å². The molecule has 0 bridgehead atoms. The number of rotatable bonds is 7. The lowest BCUT2D eigenvalue weighted by Gasteiger charge is -2.26. The molecule has 0 aliphatic carbocycles. The summed E-state index contributed by atoms with van der Waals surface area (Å²) in [5.74, 6) is 1.46. The molecule has 148 valence electrons. The summed E-state index contributed by atoms with van der Waals surface area (Å²) in [7, 11) is 1.65. The average molecular weight is 390 g/mol. The minimum Gasteiger partial charge on any atom is -0.497 e. The summed E-state index contributed by atoms with van der Waals surface area (Å²) in [5.41, 5.74) is 3.89. The number of fused-ring (bicyclic) bond motifs is 1. The minimum atomic E-state index is -0.187. The monoisotopic (exact) mass is 390 g/mol. The van der Waals surface area contributed by atoms with Gasteiger partial charge in [-0.15, -0.1) is 0 Å². The van der Waals surface area contributed by atoms with Gasteiger partial charge in [0.15, 0.2) is 0 Å². The van der Waals surface area contributed by atoms with E-state index >= 15 is 0 Å². The highest BCUT2D eigenvalue weighted by Crippen LogP contribution is 2.30. The van der Waals surface area contributed by atoms with Crippen LogP contribution in [0.25, 0.3) is 6.08 Å². The van der Waals surface area contributed by atoms with Crippen LogP contribution in [0.5, 0.6) is 11.5 Å². The molecule has 0 N–H and O–H groups in total. The number of halogens is 1. The van der Waals surface area contributed by atoms with E-state index in [4.69, 9.17) is 9.47 Å². The van der Waals surface area contributed by atoms with E-state index in [1.807, 2.05) is 48.7 Å². The summed E-state index contributed by atoms with van der Waals surface area (Å²) in [4.78, 5) is 6.41. The molecule has 0 saturated carbocycles. The van der Waals surface area contributed by atoms with Crippen molar-refractivity contribution in [1.82, 2.24) is 9.88 Å². The van der Waals surface area contributed by atoms with E-state index in [1.165, 1.54) is 6.07 Å². The van der Waals surface area contributed by atoms with E-state index in [1.54, 1.807) is 19.4 Å². The van der Waals surface area contributed by atoms with Crippen molar-refractivity contribution in [2.24, 2.45) is 0 Å². The molecule has 1 aromatic heterocycles. The maximum absolute atomic E-state index is 14.3. The molecule has 0 atom stereocenters. The molecule has 0 spiro atoms. The number of ether oxygens (including phenoxy) is 2. The first-order valence-electron chi connectivity index (χ1n) is 9.56. The smallest absolute Gasteiger partial charge is 0.127 e. The topological polar surface area (TPSA) is 34.6 Å². The molecule has 0 saturated heterocycles. The van der Waals surface area contributed by atoms with E-state index in [-0.39, 0.29) is 5.82 Å². The highest BCUT2D eigenvalue weighted by atomic mass is 19.1. The minimum absolute atomic E-state index is 0.187. The van der Waals surface area contributed by atoms with Gasteiger partial charge < -0.3 is 9.47 Å². The van der Waals surface area contributed by atoms with Crippen molar-refractivity contribution >= 4 is 6.08 Å². The van der Waals surface area contributed by atoms with E-state index in [0.29, 0.717) is 31.8 Å². The van der Waals surface area contributed by atoms with E-state index < -0.39 is 0 Å². The second kappa shape index (κ2) is 8.88. The molecular formula is C24H23FN2O2. The number of pyridine rings is 1. The Labute approximate surface area is 170 Å². The Kier molecular flexibility index (Phi) is 5.86. The highest BCUT2D eigenvalue weighted by molar-refractivity contribution is 5.64. The van der Waals surface area contributed by atoms with E-state index in [2.05, 4.69) is 16.0 Å². The summed E-state index contributed by atoms with van der Waals surface area (Å²) in [6, 6.07) is 16.7. The molecule has 2 aromatic carbocycles. The maximum atomic E-state index is 14.3. The van der Waals surface area contributed by atoms with Gasteiger partial charge in [-0.1, -0.05) is 24.3 Å². The van der Waals surface area contributed by atoms with Crippen LogP contribution < -0.4 is 9.47 Å². The Bertz CT molecular complexity index is 1000. The SMILES string of the molecule is COc1ccc2c(c1)C=C(CN(Cc1cccnc1)Cc1ccccc1F)CO2. The standard InChI is InChI=1S/C24H23FN2O2/c1-28-22-8-9-24-21(12-22)11-19(17-29-24)15-27(14-18-5-4-10-26-13-18)16-20-6-2-3-7-23(20)25/h2-13H,14-17H2,1H3. The molecule has 0 fully saturated rings. The summed E-state index contributed by atoms with van der Waals surface area (Å²) >= 11 is 0. The number of methoxy groups -OCH3 is 1. The van der Waals surface area contributed by atoms with Crippen LogP contribution in [-0.2, 0) is 13.1 Å². The van der Waals surface area contributed by atoms with Crippen molar-refractivity contribution in [3.63, 3.8) is 0 Å². The Balaban J connectivity index is 1.57. The molecule has 0 unspecified atom stereocenters. The lowest BCUT2D eigenvalue weighted by Crippen LogP contribution is -2.28. The van der Waals surface area contributed by atoms with Gasteiger partial charge in [0.05, 0.1) is 7.11 Å². The summed E-state index contributed by atoms with van der Waals surface area (Å²) in [5, 5.41) is 0. The van der Waals surface area contributed by atoms with Crippen LogP contribution in [0.3, 0.4) is 0 Å². The zero-order valence-corrected chi connectivity index (χ0v) is 16.3. The van der Waals surface area contributed by atoms with Gasteiger partial charge >= 0.3 is 0 Å². The first kappa shape index (κ1) is 19.2. The Morgan fingerprint density at radius 2 is 1.97 bits per heavy atom. The molecule has 4 nitrogen and oxygen atoms in total. The van der Waals surface area contributed by atoms with Crippen molar-refractivity contribution in [3.8, 4) is 11.5 Å². The third kappa shape index (κ3) is 4.81. The van der Waals surface area contributed by atoms with Gasteiger partial charge in [-0.2, -0.15) is 0 Å². The second-order valence-corrected chi connectivity index (χ2v) is 7.09. The molecular weight excluding hydrogens is 367 g/mol. The molecule has 0 amide bonds. The number of aromatic nitrogens is 1. The zero-order chi connectivity index (χ0) is 20.1. The fourth-order valence-corrected chi connectivity index (χ4v) is 3.49. The van der Waals surface area contributed by atoms with Gasteiger partial charge in [-0.25, -0.2) is 4.39 Å².